The maximum absolute atomic E-state index is 9.25. The molecule has 15 heavy (non-hydrogen) atoms. The van der Waals surface area contributed by atoms with Crippen molar-refractivity contribution in [1.29, 1.82) is 0 Å². The lowest BCUT2D eigenvalue weighted by atomic mass is 9.90. The van der Waals surface area contributed by atoms with Gasteiger partial charge in [0.05, 0.1) is 0 Å². The monoisotopic (exact) mass is 212 g/mol. The van der Waals surface area contributed by atoms with Crippen LogP contribution in [0.4, 0.5) is 0 Å². The smallest absolute Gasteiger partial charge is 0.0474 e. The normalized spacial score (nSPS) is 42.0. The summed E-state index contributed by atoms with van der Waals surface area (Å²) in [7, 11) is 0. The first kappa shape index (κ1) is 11.4. The van der Waals surface area contributed by atoms with Gasteiger partial charge in [-0.1, -0.05) is 12.8 Å². The lowest BCUT2D eigenvalue weighted by Crippen LogP contribution is -2.46. The van der Waals surface area contributed by atoms with Crippen LogP contribution in [0.3, 0.4) is 0 Å². The van der Waals surface area contributed by atoms with Gasteiger partial charge in [0.15, 0.2) is 0 Å². The first-order valence-electron chi connectivity index (χ1n) is 6.42. The van der Waals surface area contributed by atoms with Gasteiger partial charge in [-0.3, -0.25) is 0 Å². The molecule has 2 aliphatic rings. The number of rotatable bonds is 3. The van der Waals surface area contributed by atoms with Crippen LogP contribution in [0.5, 0.6) is 0 Å². The van der Waals surface area contributed by atoms with Crippen molar-refractivity contribution in [3.8, 4) is 0 Å². The van der Waals surface area contributed by atoms with Gasteiger partial charge in [0, 0.05) is 24.7 Å². The van der Waals surface area contributed by atoms with Crippen molar-refractivity contribution >= 4 is 0 Å². The van der Waals surface area contributed by atoms with E-state index in [9.17, 15) is 5.11 Å². The lowest BCUT2D eigenvalue weighted by molar-refractivity contribution is 0.191. The van der Waals surface area contributed by atoms with Crippen LogP contribution < -0.4 is 11.1 Å². The Bertz CT molecular complexity index is 198. The predicted octanol–water partition coefficient (Wildman–Crippen LogP) is 1.01. The summed E-state index contributed by atoms with van der Waals surface area (Å²) in [6.07, 6.45) is 8.52. The minimum atomic E-state index is 0.344. The standard InChI is InChI=1S/C12H24N2O/c13-10-4-2-5-11(7-10)14-12-6-1-3-9(12)8-15/h9-12,14-15H,1-8,13H2. The highest BCUT2D eigenvalue weighted by Crippen LogP contribution is 2.27. The second-order valence-corrected chi connectivity index (χ2v) is 5.27. The fourth-order valence-electron chi connectivity index (χ4n) is 3.16. The summed E-state index contributed by atoms with van der Waals surface area (Å²) >= 11 is 0. The van der Waals surface area contributed by atoms with Crippen LogP contribution in [-0.4, -0.2) is 29.8 Å². The Kier molecular flexibility index (Phi) is 4.00. The first-order chi connectivity index (χ1) is 7.29. The van der Waals surface area contributed by atoms with Crippen LogP contribution in [0.2, 0.25) is 0 Å². The van der Waals surface area contributed by atoms with Gasteiger partial charge in [0.25, 0.3) is 0 Å². The van der Waals surface area contributed by atoms with Crippen LogP contribution in [0.25, 0.3) is 0 Å². The lowest BCUT2D eigenvalue weighted by Gasteiger charge is -2.31. The van der Waals surface area contributed by atoms with Gasteiger partial charge in [-0.05, 0) is 38.0 Å². The first-order valence-corrected chi connectivity index (χ1v) is 6.42. The average Bonchev–Trinajstić information content (AvgIpc) is 2.65. The maximum Gasteiger partial charge on any atom is 0.0474 e. The van der Waals surface area contributed by atoms with E-state index in [1.807, 2.05) is 0 Å². The highest BCUT2D eigenvalue weighted by Gasteiger charge is 2.29. The number of aliphatic hydroxyl groups is 1. The Balaban J connectivity index is 1.80. The molecule has 0 aromatic rings. The van der Waals surface area contributed by atoms with Crippen LogP contribution in [0, 0.1) is 5.92 Å². The molecule has 0 aliphatic heterocycles. The molecule has 4 atom stereocenters. The zero-order chi connectivity index (χ0) is 10.7. The minimum Gasteiger partial charge on any atom is -0.396 e. The molecule has 3 heteroatoms. The van der Waals surface area contributed by atoms with E-state index in [4.69, 9.17) is 5.73 Å². The van der Waals surface area contributed by atoms with Gasteiger partial charge >= 0.3 is 0 Å². The van der Waals surface area contributed by atoms with Gasteiger partial charge in [-0.25, -0.2) is 0 Å². The molecule has 0 saturated heterocycles. The Morgan fingerprint density at radius 2 is 1.93 bits per heavy atom. The highest BCUT2D eigenvalue weighted by atomic mass is 16.3. The summed E-state index contributed by atoms with van der Waals surface area (Å²) in [5, 5.41) is 13.0. The molecule has 0 aromatic heterocycles. The van der Waals surface area contributed by atoms with Crippen LogP contribution in [0.15, 0.2) is 0 Å². The summed E-state index contributed by atoms with van der Waals surface area (Å²) in [4.78, 5) is 0. The SMILES string of the molecule is NC1CCCC(NC2CCCC2CO)C1. The van der Waals surface area contributed by atoms with E-state index in [0.29, 0.717) is 30.7 Å². The molecule has 0 spiro atoms. The van der Waals surface area contributed by atoms with Gasteiger partial charge in [-0.2, -0.15) is 0 Å². The molecule has 88 valence electrons. The summed E-state index contributed by atoms with van der Waals surface area (Å²) in [6, 6.07) is 1.54. The molecule has 3 nitrogen and oxygen atoms in total. The largest absolute Gasteiger partial charge is 0.396 e. The topological polar surface area (TPSA) is 58.3 Å². The fourth-order valence-corrected chi connectivity index (χ4v) is 3.16. The average molecular weight is 212 g/mol. The van der Waals surface area contributed by atoms with Crippen molar-refractivity contribution in [3.63, 3.8) is 0 Å². The van der Waals surface area contributed by atoms with Crippen LogP contribution in [0.1, 0.15) is 44.9 Å². The van der Waals surface area contributed by atoms with Crippen molar-refractivity contribution in [2.75, 3.05) is 6.61 Å². The third-order valence-electron chi connectivity index (χ3n) is 4.06. The zero-order valence-corrected chi connectivity index (χ0v) is 9.49. The molecule has 0 heterocycles. The molecule has 0 aromatic carbocycles. The van der Waals surface area contributed by atoms with Crippen molar-refractivity contribution in [2.45, 2.75) is 63.1 Å². The molecule has 0 bridgehead atoms. The Morgan fingerprint density at radius 3 is 2.67 bits per heavy atom. The number of nitrogens with one attached hydrogen (secondary N) is 1. The van der Waals surface area contributed by atoms with E-state index >= 15 is 0 Å². The van der Waals surface area contributed by atoms with E-state index in [1.54, 1.807) is 0 Å². The van der Waals surface area contributed by atoms with Gasteiger partial charge < -0.3 is 16.2 Å². The zero-order valence-electron chi connectivity index (χ0n) is 9.49. The molecule has 0 amide bonds. The molecule has 0 radical (unpaired) electrons. The molecular weight excluding hydrogens is 188 g/mol. The quantitative estimate of drug-likeness (QED) is 0.654. The number of nitrogens with two attached hydrogens (primary N) is 1. The van der Waals surface area contributed by atoms with Crippen LogP contribution >= 0.6 is 0 Å². The maximum atomic E-state index is 9.25. The van der Waals surface area contributed by atoms with E-state index < -0.39 is 0 Å². The number of hydrogen-bond acceptors (Lipinski definition) is 3. The van der Waals surface area contributed by atoms with E-state index in [-0.39, 0.29) is 0 Å². The molecule has 2 saturated carbocycles. The summed E-state index contributed by atoms with van der Waals surface area (Å²) in [5.41, 5.74) is 5.98. The van der Waals surface area contributed by atoms with E-state index in [2.05, 4.69) is 5.32 Å². The number of aliphatic hydroxyl groups excluding tert-OH is 1. The van der Waals surface area contributed by atoms with E-state index in [0.717, 1.165) is 6.42 Å². The summed E-state index contributed by atoms with van der Waals surface area (Å²) in [5.74, 6) is 0.489. The molecule has 2 aliphatic carbocycles. The summed E-state index contributed by atoms with van der Waals surface area (Å²) < 4.78 is 0. The molecule has 4 unspecified atom stereocenters. The Hall–Kier alpha value is -0.120. The molecule has 2 rings (SSSR count). The summed E-state index contributed by atoms with van der Waals surface area (Å²) in [6.45, 7) is 0.344. The van der Waals surface area contributed by atoms with E-state index in [1.165, 1.54) is 38.5 Å². The minimum absolute atomic E-state index is 0.344. The van der Waals surface area contributed by atoms with Crippen molar-refractivity contribution in [1.82, 2.24) is 5.32 Å². The van der Waals surface area contributed by atoms with Crippen LogP contribution in [-0.2, 0) is 0 Å². The molecule has 2 fully saturated rings. The third-order valence-corrected chi connectivity index (χ3v) is 4.06. The highest BCUT2D eigenvalue weighted by molar-refractivity contribution is 4.88. The van der Waals surface area contributed by atoms with Gasteiger partial charge in [0.1, 0.15) is 0 Å². The predicted molar refractivity (Wildman–Crippen MR) is 61.6 cm³/mol. The third kappa shape index (κ3) is 2.92. The van der Waals surface area contributed by atoms with Gasteiger partial charge in [-0.15, -0.1) is 0 Å². The molecule has 4 N–H and O–H groups in total. The fraction of sp³-hybridized carbons (Fsp3) is 1.00. The second kappa shape index (κ2) is 5.28. The number of hydrogen-bond donors (Lipinski definition) is 3. The second-order valence-electron chi connectivity index (χ2n) is 5.27. The van der Waals surface area contributed by atoms with Crippen molar-refractivity contribution in [2.24, 2.45) is 11.7 Å². The Labute approximate surface area is 92.4 Å². The Morgan fingerprint density at radius 1 is 1.13 bits per heavy atom. The van der Waals surface area contributed by atoms with Crippen molar-refractivity contribution in [3.05, 3.63) is 0 Å². The van der Waals surface area contributed by atoms with Gasteiger partial charge in [0.2, 0.25) is 0 Å². The van der Waals surface area contributed by atoms with Crippen molar-refractivity contribution < 1.29 is 5.11 Å². The molecular formula is C12H24N2O.